The largest absolute Gasteiger partial charge is 0.497 e. The maximum absolute atomic E-state index is 12.9. The van der Waals surface area contributed by atoms with Crippen LogP contribution < -0.4 is 10.1 Å². The average Bonchev–Trinajstić information content (AvgIpc) is 3.07. The van der Waals surface area contributed by atoms with Gasteiger partial charge in [0.1, 0.15) is 11.4 Å². The monoisotopic (exact) mass is 355 g/mol. The molecule has 7 heteroatoms. The first-order valence-corrected chi connectivity index (χ1v) is 9.26. The zero-order valence-corrected chi connectivity index (χ0v) is 14.7. The van der Waals surface area contributed by atoms with Crippen LogP contribution in [0.4, 0.5) is 5.69 Å². The standard InChI is InChI=1S/C18H17N3O3S/c1-12-4-3-5-15(8-12)25(22,23)21-11-13-10-19-17-7-6-14(24-2)9-16(17)18(13)20-21/h3-9,11,19H,10H2,1-2H3. The van der Waals surface area contributed by atoms with Crippen molar-refractivity contribution in [3.63, 3.8) is 0 Å². The minimum Gasteiger partial charge on any atom is -0.497 e. The first-order valence-electron chi connectivity index (χ1n) is 7.82. The molecule has 0 fully saturated rings. The Balaban J connectivity index is 1.84. The molecule has 6 nitrogen and oxygen atoms in total. The van der Waals surface area contributed by atoms with Gasteiger partial charge in [-0.15, -0.1) is 0 Å². The number of nitrogens with zero attached hydrogens (tertiary/aromatic N) is 2. The molecule has 2 aromatic carbocycles. The molecular formula is C18H17N3O3S. The number of ether oxygens (including phenoxy) is 1. The van der Waals surface area contributed by atoms with E-state index in [1.54, 1.807) is 31.5 Å². The maximum atomic E-state index is 12.9. The highest BCUT2D eigenvalue weighted by atomic mass is 32.2. The van der Waals surface area contributed by atoms with Crippen LogP contribution in [0.2, 0.25) is 0 Å². The number of fused-ring (bicyclic) bond motifs is 3. The molecule has 128 valence electrons. The van der Waals surface area contributed by atoms with E-state index < -0.39 is 10.0 Å². The maximum Gasteiger partial charge on any atom is 0.282 e. The Labute approximate surface area is 146 Å². The van der Waals surface area contributed by atoms with Gasteiger partial charge in [-0.2, -0.15) is 17.6 Å². The van der Waals surface area contributed by atoms with Gasteiger partial charge in [-0.1, -0.05) is 12.1 Å². The third-order valence-electron chi connectivity index (χ3n) is 4.25. The van der Waals surface area contributed by atoms with E-state index in [4.69, 9.17) is 4.74 Å². The molecule has 25 heavy (non-hydrogen) atoms. The van der Waals surface area contributed by atoms with Crippen LogP contribution in [0.25, 0.3) is 11.3 Å². The van der Waals surface area contributed by atoms with Crippen molar-refractivity contribution >= 4 is 15.7 Å². The first-order chi connectivity index (χ1) is 12.0. The first kappa shape index (κ1) is 15.7. The fourth-order valence-electron chi connectivity index (χ4n) is 2.94. The molecule has 0 radical (unpaired) electrons. The molecule has 1 aliphatic heterocycles. The van der Waals surface area contributed by atoms with Crippen molar-refractivity contribution in [2.75, 3.05) is 12.4 Å². The Morgan fingerprint density at radius 2 is 2.04 bits per heavy atom. The van der Waals surface area contributed by atoms with Gasteiger partial charge in [0.2, 0.25) is 0 Å². The third-order valence-corrected chi connectivity index (χ3v) is 5.78. The van der Waals surface area contributed by atoms with Crippen molar-refractivity contribution in [2.45, 2.75) is 18.4 Å². The molecule has 1 aliphatic rings. The number of methoxy groups -OCH3 is 1. The van der Waals surface area contributed by atoms with Crippen LogP contribution >= 0.6 is 0 Å². The lowest BCUT2D eigenvalue weighted by molar-refractivity contribution is 0.415. The van der Waals surface area contributed by atoms with Crippen LogP contribution in [-0.2, 0) is 16.6 Å². The second-order valence-corrected chi connectivity index (χ2v) is 7.76. The highest BCUT2D eigenvalue weighted by molar-refractivity contribution is 7.89. The second-order valence-electron chi connectivity index (χ2n) is 5.96. The molecule has 2 heterocycles. The number of nitrogens with one attached hydrogen (secondary N) is 1. The molecular weight excluding hydrogens is 338 g/mol. The number of rotatable bonds is 3. The molecule has 0 saturated heterocycles. The number of benzene rings is 2. The topological polar surface area (TPSA) is 73.2 Å². The van der Waals surface area contributed by atoms with Crippen molar-refractivity contribution in [1.82, 2.24) is 9.19 Å². The van der Waals surface area contributed by atoms with Crippen molar-refractivity contribution < 1.29 is 13.2 Å². The average molecular weight is 355 g/mol. The van der Waals surface area contributed by atoms with Crippen LogP contribution in [-0.4, -0.2) is 24.7 Å². The van der Waals surface area contributed by atoms with E-state index in [1.165, 1.54) is 0 Å². The van der Waals surface area contributed by atoms with Gasteiger partial charge in [0.05, 0.1) is 12.0 Å². The Bertz CT molecular complexity index is 1070. The zero-order chi connectivity index (χ0) is 17.6. The van der Waals surface area contributed by atoms with Gasteiger partial charge in [0.25, 0.3) is 10.0 Å². The van der Waals surface area contributed by atoms with E-state index in [0.29, 0.717) is 18.0 Å². The highest BCUT2D eigenvalue weighted by Gasteiger charge is 2.25. The van der Waals surface area contributed by atoms with Crippen LogP contribution in [0.1, 0.15) is 11.1 Å². The van der Waals surface area contributed by atoms with E-state index in [-0.39, 0.29) is 4.90 Å². The summed E-state index contributed by atoms with van der Waals surface area (Å²) in [6.45, 7) is 2.39. The van der Waals surface area contributed by atoms with Crippen molar-refractivity contribution in [1.29, 1.82) is 0 Å². The van der Waals surface area contributed by atoms with Crippen LogP contribution in [0.5, 0.6) is 5.75 Å². The van der Waals surface area contributed by atoms with Gasteiger partial charge in [0.15, 0.2) is 0 Å². The summed E-state index contributed by atoms with van der Waals surface area (Å²) in [5.74, 6) is 0.699. The van der Waals surface area contributed by atoms with Crippen LogP contribution in [0.3, 0.4) is 0 Å². The summed E-state index contributed by atoms with van der Waals surface area (Å²) in [6.07, 6.45) is 1.57. The molecule has 1 aromatic heterocycles. The summed E-state index contributed by atoms with van der Waals surface area (Å²) in [5, 5.41) is 7.66. The third kappa shape index (κ3) is 2.56. The lowest BCUT2D eigenvalue weighted by Crippen LogP contribution is -2.13. The van der Waals surface area contributed by atoms with E-state index >= 15 is 0 Å². The fourth-order valence-corrected chi connectivity index (χ4v) is 4.20. The molecule has 0 bridgehead atoms. The highest BCUT2D eigenvalue weighted by Crippen LogP contribution is 2.37. The second kappa shape index (κ2) is 5.63. The summed E-state index contributed by atoms with van der Waals surface area (Å²) < 4.78 is 32.1. The molecule has 0 amide bonds. The van der Waals surface area contributed by atoms with E-state index in [2.05, 4.69) is 10.4 Å². The van der Waals surface area contributed by atoms with E-state index in [1.807, 2.05) is 31.2 Å². The predicted octanol–water partition coefficient (Wildman–Crippen LogP) is 3.03. The molecule has 0 saturated carbocycles. The van der Waals surface area contributed by atoms with Gasteiger partial charge >= 0.3 is 0 Å². The Morgan fingerprint density at radius 3 is 2.80 bits per heavy atom. The summed E-state index contributed by atoms with van der Waals surface area (Å²) >= 11 is 0. The van der Waals surface area contributed by atoms with Gasteiger partial charge in [-0.05, 0) is 42.8 Å². The summed E-state index contributed by atoms with van der Waals surface area (Å²) in [7, 11) is -2.13. The quantitative estimate of drug-likeness (QED) is 0.782. The number of hydrogen-bond donors (Lipinski definition) is 1. The Kier molecular flexibility index (Phi) is 3.54. The van der Waals surface area contributed by atoms with Crippen LogP contribution in [0.15, 0.2) is 53.6 Å². The van der Waals surface area contributed by atoms with Crippen molar-refractivity contribution in [3.05, 3.63) is 59.8 Å². The Hall–Kier alpha value is -2.80. The zero-order valence-electron chi connectivity index (χ0n) is 13.9. The number of anilines is 1. The fraction of sp³-hybridized carbons (Fsp3) is 0.167. The van der Waals surface area contributed by atoms with E-state index in [9.17, 15) is 8.42 Å². The summed E-state index contributed by atoms with van der Waals surface area (Å²) in [4.78, 5) is 0.228. The van der Waals surface area contributed by atoms with Crippen molar-refractivity contribution in [2.24, 2.45) is 0 Å². The molecule has 0 aliphatic carbocycles. The predicted molar refractivity (Wildman–Crippen MR) is 95.3 cm³/mol. The summed E-state index contributed by atoms with van der Waals surface area (Å²) in [5.41, 5.74) is 4.11. The minimum atomic E-state index is -3.73. The van der Waals surface area contributed by atoms with Crippen LogP contribution in [0, 0.1) is 6.92 Å². The summed E-state index contributed by atoms with van der Waals surface area (Å²) in [6, 6.07) is 12.4. The molecule has 0 unspecified atom stereocenters. The lowest BCUT2D eigenvalue weighted by atomic mass is 10.0. The van der Waals surface area contributed by atoms with Gasteiger partial charge in [-0.25, -0.2) is 0 Å². The normalized spacial score (nSPS) is 12.9. The number of aryl methyl sites for hydroxylation is 1. The minimum absolute atomic E-state index is 0.228. The molecule has 4 rings (SSSR count). The number of hydrogen-bond acceptors (Lipinski definition) is 5. The van der Waals surface area contributed by atoms with Gasteiger partial charge < -0.3 is 10.1 Å². The SMILES string of the molecule is COc1ccc2c(c1)-c1nn(S(=O)(=O)c3cccc(C)c3)cc1CN2. The smallest absolute Gasteiger partial charge is 0.282 e. The van der Waals surface area contributed by atoms with Gasteiger partial charge in [-0.3, -0.25) is 0 Å². The van der Waals surface area contributed by atoms with Crippen molar-refractivity contribution in [3.8, 4) is 17.0 Å². The molecule has 0 spiro atoms. The number of aromatic nitrogens is 2. The molecule has 0 atom stereocenters. The van der Waals surface area contributed by atoms with Gasteiger partial charge in [0, 0.05) is 29.6 Å². The molecule has 3 aromatic rings. The van der Waals surface area contributed by atoms with E-state index in [0.717, 1.165) is 26.5 Å². The Morgan fingerprint density at radius 1 is 1.20 bits per heavy atom. The molecule has 1 N–H and O–H groups in total. The lowest BCUT2D eigenvalue weighted by Gasteiger charge is -2.17.